The predicted octanol–water partition coefficient (Wildman–Crippen LogP) is 1.51. The van der Waals surface area contributed by atoms with Gasteiger partial charge in [0.05, 0.1) is 12.5 Å². The number of aliphatic hydroxyl groups is 1. The summed E-state index contributed by atoms with van der Waals surface area (Å²) in [6.45, 7) is 3.69. The van der Waals surface area contributed by atoms with E-state index in [0.717, 1.165) is 12.8 Å². The fourth-order valence-corrected chi connectivity index (χ4v) is 2.32. The molecule has 0 aromatic carbocycles. The van der Waals surface area contributed by atoms with E-state index in [-0.39, 0.29) is 24.2 Å². The van der Waals surface area contributed by atoms with E-state index in [1.165, 1.54) is 19.3 Å². The van der Waals surface area contributed by atoms with Crippen molar-refractivity contribution in [1.29, 1.82) is 0 Å². The van der Waals surface area contributed by atoms with Crippen LogP contribution >= 0.6 is 0 Å². The Hall–Kier alpha value is -1.10. The maximum atomic E-state index is 11.6. The number of hydrogen-bond donors (Lipinski definition) is 3. The maximum absolute atomic E-state index is 11.6. The van der Waals surface area contributed by atoms with Crippen molar-refractivity contribution < 1.29 is 14.7 Å². The first-order valence-electron chi connectivity index (χ1n) is 7.24. The van der Waals surface area contributed by atoms with Crippen molar-refractivity contribution in [3.63, 3.8) is 0 Å². The molecule has 19 heavy (non-hydrogen) atoms. The highest BCUT2D eigenvalue weighted by atomic mass is 16.3. The Bertz CT molecular complexity index is 299. The minimum absolute atomic E-state index is 0.0153. The van der Waals surface area contributed by atoms with Gasteiger partial charge in [0.2, 0.25) is 11.8 Å². The summed E-state index contributed by atoms with van der Waals surface area (Å²) in [6.07, 6.45) is 5.70. The van der Waals surface area contributed by atoms with E-state index in [4.69, 9.17) is 0 Å². The third-order valence-corrected chi connectivity index (χ3v) is 3.70. The molecule has 0 aromatic rings. The van der Waals surface area contributed by atoms with Crippen molar-refractivity contribution in [2.45, 2.75) is 64.9 Å². The molecule has 0 saturated heterocycles. The van der Waals surface area contributed by atoms with Gasteiger partial charge in [0.25, 0.3) is 0 Å². The van der Waals surface area contributed by atoms with Crippen molar-refractivity contribution in [1.82, 2.24) is 10.9 Å². The lowest BCUT2D eigenvalue weighted by molar-refractivity contribution is -0.130. The Morgan fingerprint density at radius 3 is 2.26 bits per heavy atom. The number of rotatable bonds is 5. The van der Waals surface area contributed by atoms with E-state index in [2.05, 4.69) is 10.9 Å². The Kier molecular flexibility index (Phi) is 6.84. The summed E-state index contributed by atoms with van der Waals surface area (Å²) in [5.41, 5.74) is 4.78. The Labute approximate surface area is 115 Å². The minimum atomic E-state index is -0.671. The van der Waals surface area contributed by atoms with E-state index in [9.17, 15) is 14.7 Å². The minimum Gasteiger partial charge on any atom is -0.392 e. The molecule has 1 saturated carbocycles. The fourth-order valence-electron chi connectivity index (χ4n) is 2.32. The van der Waals surface area contributed by atoms with E-state index >= 15 is 0 Å². The zero-order chi connectivity index (χ0) is 14.3. The molecule has 1 unspecified atom stereocenters. The van der Waals surface area contributed by atoms with Crippen molar-refractivity contribution in [2.75, 3.05) is 0 Å². The van der Waals surface area contributed by atoms with Gasteiger partial charge in [-0.1, -0.05) is 33.1 Å². The summed E-state index contributed by atoms with van der Waals surface area (Å²) in [4.78, 5) is 23.1. The smallest absolute Gasteiger partial charge is 0.240 e. The number of hydrazine groups is 1. The van der Waals surface area contributed by atoms with Gasteiger partial charge < -0.3 is 5.11 Å². The second-order valence-electron chi connectivity index (χ2n) is 5.82. The second kappa shape index (κ2) is 8.15. The average molecular weight is 270 g/mol. The van der Waals surface area contributed by atoms with E-state index in [0.29, 0.717) is 12.3 Å². The molecule has 1 aliphatic rings. The third kappa shape index (κ3) is 6.57. The van der Waals surface area contributed by atoms with E-state index < -0.39 is 6.10 Å². The molecule has 0 heterocycles. The quantitative estimate of drug-likeness (QED) is 0.663. The Balaban J connectivity index is 2.16. The van der Waals surface area contributed by atoms with Crippen molar-refractivity contribution in [3.05, 3.63) is 0 Å². The molecule has 2 amide bonds. The van der Waals surface area contributed by atoms with Crippen LogP contribution in [0.3, 0.4) is 0 Å². The molecule has 3 N–H and O–H groups in total. The van der Waals surface area contributed by atoms with E-state index in [1.807, 2.05) is 13.8 Å². The molecule has 0 bridgehead atoms. The van der Waals surface area contributed by atoms with Gasteiger partial charge in [-0.15, -0.1) is 0 Å². The van der Waals surface area contributed by atoms with Gasteiger partial charge in [0, 0.05) is 6.42 Å². The van der Waals surface area contributed by atoms with Crippen LogP contribution in [0.4, 0.5) is 0 Å². The Morgan fingerprint density at radius 2 is 1.68 bits per heavy atom. The largest absolute Gasteiger partial charge is 0.392 e. The van der Waals surface area contributed by atoms with Crippen LogP contribution in [0, 0.1) is 11.8 Å². The summed E-state index contributed by atoms with van der Waals surface area (Å²) >= 11 is 0. The Morgan fingerprint density at radius 1 is 1.11 bits per heavy atom. The lowest BCUT2D eigenvalue weighted by Crippen LogP contribution is -2.43. The van der Waals surface area contributed by atoms with Crippen LogP contribution in [0.25, 0.3) is 0 Å². The van der Waals surface area contributed by atoms with Crippen LogP contribution in [0.2, 0.25) is 0 Å². The molecule has 0 aliphatic heterocycles. The first-order valence-corrected chi connectivity index (χ1v) is 7.24. The van der Waals surface area contributed by atoms with Crippen LogP contribution in [0.5, 0.6) is 0 Å². The molecule has 1 aliphatic carbocycles. The van der Waals surface area contributed by atoms with Crippen LogP contribution in [0.15, 0.2) is 0 Å². The molecular weight excluding hydrogens is 244 g/mol. The van der Waals surface area contributed by atoms with Crippen LogP contribution in [-0.4, -0.2) is 23.0 Å². The van der Waals surface area contributed by atoms with E-state index in [1.54, 1.807) is 0 Å². The molecule has 0 radical (unpaired) electrons. The topological polar surface area (TPSA) is 78.4 Å². The number of aliphatic hydroxyl groups excluding tert-OH is 1. The molecule has 0 spiro atoms. The monoisotopic (exact) mass is 270 g/mol. The summed E-state index contributed by atoms with van der Waals surface area (Å²) in [7, 11) is 0. The molecule has 5 heteroatoms. The predicted molar refractivity (Wildman–Crippen MR) is 72.9 cm³/mol. The number of nitrogens with one attached hydrogen (secondary N) is 2. The van der Waals surface area contributed by atoms with Gasteiger partial charge in [-0.2, -0.15) is 0 Å². The van der Waals surface area contributed by atoms with Crippen LogP contribution in [-0.2, 0) is 9.59 Å². The maximum Gasteiger partial charge on any atom is 0.240 e. The first-order chi connectivity index (χ1) is 8.99. The first kappa shape index (κ1) is 16.0. The zero-order valence-corrected chi connectivity index (χ0v) is 11.9. The number of carbonyl (C=O) groups excluding carboxylic acids is 2. The van der Waals surface area contributed by atoms with Gasteiger partial charge in [0.1, 0.15) is 0 Å². The van der Waals surface area contributed by atoms with Crippen LogP contribution < -0.4 is 10.9 Å². The van der Waals surface area contributed by atoms with Gasteiger partial charge in [-0.3, -0.25) is 20.4 Å². The zero-order valence-electron chi connectivity index (χ0n) is 11.9. The highest BCUT2D eigenvalue weighted by Gasteiger charge is 2.18. The number of amides is 2. The normalized spacial score (nSPS) is 18.1. The fraction of sp³-hybridized carbons (Fsp3) is 0.857. The highest BCUT2D eigenvalue weighted by molar-refractivity contribution is 5.82. The SMILES string of the molecule is CC(C)C(O)CC(=O)NNC(=O)CC1CCCCC1. The van der Waals surface area contributed by atoms with Gasteiger partial charge >= 0.3 is 0 Å². The van der Waals surface area contributed by atoms with Crippen LogP contribution in [0.1, 0.15) is 58.8 Å². The summed E-state index contributed by atoms with van der Waals surface area (Å²) in [6, 6.07) is 0. The van der Waals surface area contributed by atoms with Crippen molar-refractivity contribution in [3.8, 4) is 0 Å². The summed E-state index contributed by atoms with van der Waals surface area (Å²) in [5, 5.41) is 9.55. The molecule has 5 nitrogen and oxygen atoms in total. The molecular formula is C14H26N2O3. The summed E-state index contributed by atoms with van der Waals surface area (Å²) in [5.74, 6) is -0.00641. The lowest BCUT2D eigenvalue weighted by atomic mass is 9.87. The molecule has 1 fully saturated rings. The number of carbonyl (C=O) groups is 2. The highest BCUT2D eigenvalue weighted by Crippen LogP contribution is 2.25. The van der Waals surface area contributed by atoms with Crippen molar-refractivity contribution in [2.24, 2.45) is 11.8 Å². The molecule has 1 atom stereocenters. The van der Waals surface area contributed by atoms with Gasteiger partial charge in [0.15, 0.2) is 0 Å². The average Bonchev–Trinajstić information content (AvgIpc) is 2.37. The van der Waals surface area contributed by atoms with Crippen molar-refractivity contribution >= 4 is 11.8 Å². The second-order valence-corrected chi connectivity index (χ2v) is 5.82. The standard InChI is InChI=1S/C14H26N2O3/c1-10(2)12(17)9-14(19)16-15-13(18)8-11-6-4-3-5-7-11/h10-12,17H,3-9H2,1-2H3,(H,15,18)(H,16,19). The summed E-state index contributed by atoms with van der Waals surface area (Å²) < 4.78 is 0. The lowest BCUT2D eigenvalue weighted by Gasteiger charge is -2.21. The number of hydrogen-bond acceptors (Lipinski definition) is 3. The van der Waals surface area contributed by atoms with Gasteiger partial charge in [-0.05, 0) is 24.7 Å². The third-order valence-electron chi connectivity index (χ3n) is 3.70. The molecule has 0 aromatic heterocycles. The molecule has 1 rings (SSSR count). The molecule has 110 valence electrons. The van der Waals surface area contributed by atoms with Gasteiger partial charge in [-0.25, -0.2) is 0 Å².